The van der Waals surface area contributed by atoms with Gasteiger partial charge in [-0.15, -0.1) is 0 Å². The molecule has 0 aliphatic carbocycles. The molecule has 0 saturated carbocycles. The maximum atomic E-state index is 11.3. The minimum absolute atomic E-state index is 0.176. The molecule has 0 unspecified atom stereocenters. The van der Waals surface area contributed by atoms with Crippen LogP contribution in [0, 0.1) is 6.92 Å². The first-order valence-corrected chi connectivity index (χ1v) is 7.69. The van der Waals surface area contributed by atoms with E-state index in [2.05, 4.69) is 15.9 Å². The van der Waals surface area contributed by atoms with Crippen LogP contribution in [-0.2, 0) is 16.0 Å². The number of aldehydes is 1. The highest BCUT2D eigenvalue weighted by molar-refractivity contribution is 9.09. The Morgan fingerprint density at radius 1 is 1.19 bits per heavy atom. The van der Waals surface area contributed by atoms with E-state index in [0.717, 1.165) is 28.4 Å². The van der Waals surface area contributed by atoms with Gasteiger partial charge in [-0.05, 0) is 30.0 Å². The third-order valence-corrected chi connectivity index (χ3v) is 3.56. The second-order valence-electron chi connectivity index (χ2n) is 4.63. The van der Waals surface area contributed by atoms with Crippen molar-refractivity contribution in [2.45, 2.75) is 13.3 Å². The molecule has 0 amide bonds. The monoisotopic (exact) mass is 346 g/mol. The first-order valence-electron chi connectivity index (χ1n) is 6.57. The van der Waals surface area contributed by atoms with E-state index in [4.69, 9.17) is 4.74 Å². The van der Waals surface area contributed by atoms with Gasteiger partial charge in [-0.2, -0.15) is 0 Å². The van der Waals surface area contributed by atoms with Crippen molar-refractivity contribution < 1.29 is 14.3 Å². The lowest BCUT2D eigenvalue weighted by Gasteiger charge is -2.12. The average Bonchev–Trinajstić information content (AvgIpc) is 2.50. The molecular weight excluding hydrogens is 332 g/mol. The molecule has 3 nitrogen and oxygen atoms in total. The maximum absolute atomic E-state index is 11.3. The van der Waals surface area contributed by atoms with Gasteiger partial charge in [0.15, 0.2) is 0 Å². The van der Waals surface area contributed by atoms with Crippen molar-refractivity contribution in [2.24, 2.45) is 0 Å². The Hall–Kier alpha value is -1.94. The van der Waals surface area contributed by atoms with Crippen LogP contribution in [0.25, 0.3) is 11.1 Å². The lowest BCUT2D eigenvalue weighted by Crippen LogP contribution is -2.10. The van der Waals surface area contributed by atoms with Gasteiger partial charge in [0.05, 0.1) is 0 Å². The molecule has 0 aliphatic rings. The zero-order valence-electron chi connectivity index (χ0n) is 11.6. The number of halogens is 1. The third kappa shape index (κ3) is 3.79. The van der Waals surface area contributed by atoms with Gasteiger partial charge in [-0.1, -0.05) is 58.4 Å². The van der Waals surface area contributed by atoms with E-state index in [9.17, 15) is 9.59 Å². The molecule has 0 bridgehead atoms. The number of hydrogen-bond acceptors (Lipinski definition) is 3. The van der Waals surface area contributed by atoms with Crippen molar-refractivity contribution >= 4 is 28.2 Å². The molecule has 0 N–H and O–H groups in total. The molecule has 0 aromatic heterocycles. The minimum atomic E-state index is -0.888. The van der Waals surface area contributed by atoms with Crippen LogP contribution in [0.5, 0.6) is 5.75 Å². The van der Waals surface area contributed by atoms with Gasteiger partial charge in [0.25, 0.3) is 0 Å². The standard InChI is InChI=1S/C17H15BrO3/c1-12-3-2-4-15(17(12)21-16(20)11-19)14-7-5-13(6-8-14)9-10-18/h2-8,11H,9-10H2,1H3. The fourth-order valence-corrected chi connectivity index (χ4v) is 2.56. The summed E-state index contributed by atoms with van der Waals surface area (Å²) in [6, 6.07) is 13.7. The predicted molar refractivity (Wildman–Crippen MR) is 85.8 cm³/mol. The fourth-order valence-electron chi connectivity index (χ4n) is 2.10. The summed E-state index contributed by atoms with van der Waals surface area (Å²) < 4.78 is 5.14. The second-order valence-corrected chi connectivity index (χ2v) is 5.42. The number of hydrogen-bond donors (Lipinski definition) is 0. The van der Waals surface area contributed by atoms with Crippen LogP contribution >= 0.6 is 15.9 Å². The zero-order valence-corrected chi connectivity index (χ0v) is 13.2. The topological polar surface area (TPSA) is 43.4 Å². The Bertz CT molecular complexity index is 648. The highest BCUT2D eigenvalue weighted by atomic mass is 79.9. The third-order valence-electron chi connectivity index (χ3n) is 3.16. The minimum Gasteiger partial charge on any atom is -0.420 e. The Balaban J connectivity index is 2.40. The van der Waals surface area contributed by atoms with E-state index in [-0.39, 0.29) is 6.29 Å². The molecule has 0 saturated heterocycles. The highest BCUT2D eigenvalue weighted by Crippen LogP contribution is 2.33. The average molecular weight is 347 g/mol. The molecule has 2 aromatic rings. The Labute approximate surface area is 132 Å². The number of para-hydroxylation sites is 1. The van der Waals surface area contributed by atoms with E-state index in [0.29, 0.717) is 5.75 Å². The van der Waals surface area contributed by atoms with Crippen molar-refractivity contribution in [3.8, 4) is 16.9 Å². The number of benzene rings is 2. The van der Waals surface area contributed by atoms with Crippen molar-refractivity contribution in [1.82, 2.24) is 0 Å². The van der Waals surface area contributed by atoms with Crippen LogP contribution in [0.4, 0.5) is 0 Å². The maximum Gasteiger partial charge on any atom is 0.376 e. The Morgan fingerprint density at radius 3 is 2.52 bits per heavy atom. The quantitative estimate of drug-likeness (QED) is 0.272. The van der Waals surface area contributed by atoms with E-state index in [1.165, 1.54) is 5.56 Å². The Morgan fingerprint density at radius 2 is 1.90 bits per heavy atom. The van der Waals surface area contributed by atoms with Crippen LogP contribution in [-0.4, -0.2) is 17.6 Å². The summed E-state index contributed by atoms with van der Waals surface area (Å²) in [5.74, 6) is -0.454. The number of rotatable bonds is 5. The van der Waals surface area contributed by atoms with E-state index < -0.39 is 5.97 Å². The van der Waals surface area contributed by atoms with Crippen LogP contribution in [0.2, 0.25) is 0 Å². The van der Waals surface area contributed by atoms with E-state index in [1.807, 2.05) is 49.4 Å². The van der Waals surface area contributed by atoms with E-state index in [1.54, 1.807) is 0 Å². The first kappa shape index (κ1) is 15.4. The predicted octanol–water partition coefficient (Wildman–Crippen LogP) is 3.70. The van der Waals surface area contributed by atoms with Gasteiger partial charge in [-0.3, -0.25) is 4.79 Å². The molecule has 2 rings (SSSR count). The summed E-state index contributed by atoms with van der Waals surface area (Å²) in [5, 5.41) is 0.916. The fraction of sp³-hybridized carbons (Fsp3) is 0.176. The molecule has 108 valence electrons. The molecule has 0 radical (unpaired) electrons. The number of alkyl halides is 1. The molecule has 0 spiro atoms. The summed E-state index contributed by atoms with van der Waals surface area (Å²) in [7, 11) is 0. The van der Waals surface area contributed by atoms with Gasteiger partial charge < -0.3 is 4.74 Å². The van der Waals surface area contributed by atoms with Gasteiger partial charge in [0, 0.05) is 10.9 Å². The number of carbonyl (C=O) groups is 2. The van der Waals surface area contributed by atoms with E-state index >= 15 is 0 Å². The van der Waals surface area contributed by atoms with Crippen LogP contribution in [0.1, 0.15) is 11.1 Å². The largest absolute Gasteiger partial charge is 0.420 e. The lowest BCUT2D eigenvalue weighted by atomic mass is 10.00. The molecule has 0 atom stereocenters. The first-order chi connectivity index (χ1) is 10.2. The summed E-state index contributed by atoms with van der Waals surface area (Å²) in [6.07, 6.45) is 1.14. The van der Waals surface area contributed by atoms with Crippen molar-refractivity contribution in [3.05, 3.63) is 53.6 Å². The summed E-state index contributed by atoms with van der Waals surface area (Å²) in [5.41, 5.74) is 3.79. The molecule has 2 aromatic carbocycles. The smallest absolute Gasteiger partial charge is 0.376 e. The summed E-state index contributed by atoms with van der Waals surface area (Å²) >= 11 is 3.42. The number of ether oxygens (including phenoxy) is 1. The van der Waals surface area contributed by atoms with Gasteiger partial charge in [0.1, 0.15) is 5.75 Å². The molecule has 4 heteroatoms. The Kier molecular flexibility index (Phi) is 5.28. The normalized spacial score (nSPS) is 10.2. The SMILES string of the molecule is Cc1cccc(-c2ccc(CCBr)cc2)c1OC(=O)C=O. The van der Waals surface area contributed by atoms with Gasteiger partial charge in [0.2, 0.25) is 6.29 Å². The number of aryl methyl sites for hydroxylation is 2. The summed E-state index contributed by atoms with van der Waals surface area (Å²) in [4.78, 5) is 21.8. The van der Waals surface area contributed by atoms with Crippen molar-refractivity contribution in [1.29, 1.82) is 0 Å². The van der Waals surface area contributed by atoms with Crippen LogP contribution in [0.3, 0.4) is 0 Å². The second kappa shape index (κ2) is 7.18. The van der Waals surface area contributed by atoms with Gasteiger partial charge in [-0.25, -0.2) is 4.79 Å². The highest BCUT2D eigenvalue weighted by Gasteiger charge is 2.12. The number of esters is 1. The lowest BCUT2D eigenvalue weighted by molar-refractivity contribution is -0.141. The zero-order chi connectivity index (χ0) is 15.2. The van der Waals surface area contributed by atoms with Gasteiger partial charge >= 0.3 is 5.97 Å². The summed E-state index contributed by atoms with van der Waals surface area (Å²) in [6.45, 7) is 1.84. The molecule has 0 aliphatic heterocycles. The van der Waals surface area contributed by atoms with Crippen molar-refractivity contribution in [3.63, 3.8) is 0 Å². The molecule has 0 heterocycles. The molecule has 21 heavy (non-hydrogen) atoms. The molecule has 0 fully saturated rings. The van der Waals surface area contributed by atoms with Crippen molar-refractivity contribution in [2.75, 3.05) is 5.33 Å². The number of carbonyl (C=O) groups excluding carboxylic acids is 2. The van der Waals surface area contributed by atoms with Crippen LogP contribution < -0.4 is 4.74 Å². The van der Waals surface area contributed by atoms with Crippen LogP contribution in [0.15, 0.2) is 42.5 Å². The molecular formula is C17H15BrO3.